The van der Waals surface area contributed by atoms with Crippen molar-refractivity contribution in [1.29, 1.82) is 0 Å². The van der Waals surface area contributed by atoms with E-state index in [4.69, 9.17) is 4.74 Å². The Morgan fingerprint density at radius 1 is 1.29 bits per heavy atom. The summed E-state index contributed by atoms with van der Waals surface area (Å²) in [5, 5.41) is 9.11. The molecule has 122 valence electrons. The van der Waals surface area contributed by atoms with E-state index in [0.29, 0.717) is 58.4 Å². The molecule has 6 nitrogen and oxygen atoms in total. The van der Waals surface area contributed by atoms with Crippen molar-refractivity contribution in [3.63, 3.8) is 0 Å². The minimum absolute atomic E-state index is 0.325. The third-order valence-electron chi connectivity index (χ3n) is 4.81. The smallest absolute Gasteiger partial charge is 0.309 e. The van der Waals surface area contributed by atoms with E-state index < -0.39 is 21.4 Å². The molecule has 0 bridgehead atoms. The van der Waals surface area contributed by atoms with Crippen LogP contribution in [0.3, 0.4) is 0 Å². The first kappa shape index (κ1) is 16.7. The second kappa shape index (κ2) is 6.62. The number of piperidine rings is 1. The van der Waals surface area contributed by atoms with E-state index >= 15 is 0 Å². The minimum atomic E-state index is -3.32. The molecule has 7 heteroatoms. The van der Waals surface area contributed by atoms with Crippen molar-refractivity contribution in [2.24, 2.45) is 5.41 Å². The van der Waals surface area contributed by atoms with Gasteiger partial charge in [0.05, 0.1) is 10.7 Å². The molecule has 0 amide bonds. The standard InChI is InChI=1S/C14H25NO5S/c1-2-5-14(13(16)17)6-8-15(9-7-14)21(18,19)12-3-10-20-11-4-12/h12H,2-11H2,1H3,(H,16,17). The molecule has 21 heavy (non-hydrogen) atoms. The van der Waals surface area contributed by atoms with Crippen molar-refractivity contribution in [1.82, 2.24) is 4.31 Å². The highest BCUT2D eigenvalue weighted by Crippen LogP contribution is 2.38. The Hall–Kier alpha value is -0.660. The van der Waals surface area contributed by atoms with Gasteiger partial charge in [0.1, 0.15) is 0 Å². The molecule has 1 N–H and O–H groups in total. The molecule has 2 saturated heterocycles. The van der Waals surface area contributed by atoms with Crippen LogP contribution in [0.2, 0.25) is 0 Å². The van der Waals surface area contributed by atoms with Crippen LogP contribution in [0.1, 0.15) is 45.4 Å². The van der Waals surface area contributed by atoms with Crippen molar-refractivity contribution in [2.45, 2.75) is 50.7 Å². The fourth-order valence-electron chi connectivity index (χ4n) is 3.40. The van der Waals surface area contributed by atoms with Crippen molar-refractivity contribution >= 4 is 16.0 Å². The van der Waals surface area contributed by atoms with Crippen molar-refractivity contribution < 1.29 is 23.1 Å². The summed E-state index contributed by atoms with van der Waals surface area (Å²) in [6, 6.07) is 0. The van der Waals surface area contributed by atoms with Gasteiger partial charge < -0.3 is 9.84 Å². The maximum atomic E-state index is 12.6. The van der Waals surface area contributed by atoms with Crippen LogP contribution in [0.25, 0.3) is 0 Å². The van der Waals surface area contributed by atoms with Crippen LogP contribution in [-0.4, -0.2) is 55.4 Å². The summed E-state index contributed by atoms with van der Waals surface area (Å²) in [5.74, 6) is -0.785. The lowest BCUT2D eigenvalue weighted by atomic mass is 9.75. The summed E-state index contributed by atoms with van der Waals surface area (Å²) in [6.07, 6.45) is 3.33. The van der Waals surface area contributed by atoms with Crippen LogP contribution in [0.5, 0.6) is 0 Å². The van der Waals surface area contributed by atoms with E-state index in [1.54, 1.807) is 0 Å². The SMILES string of the molecule is CCCC1(C(=O)O)CCN(S(=O)(=O)C2CCOCC2)CC1. The number of sulfonamides is 1. The topological polar surface area (TPSA) is 83.9 Å². The van der Waals surface area contributed by atoms with Crippen molar-refractivity contribution in [3.05, 3.63) is 0 Å². The summed E-state index contributed by atoms with van der Waals surface area (Å²) >= 11 is 0. The second-order valence-electron chi connectivity index (χ2n) is 6.09. The van der Waals surface area contributed by atoms with Crippen LogP contribution >= 0.6 is 0 Å². The van der Waals surface area contributed by atoms with Crippen molar-refractivity contribution in [3.8, 4) is 0 Å². The number of carboxylic acids is 1. The zero-order chi connectivity index (χ0) is 15.5. The van der Waals surface area contributed by atoms with E-state index in [9.17, 15) is 18.3 Å². The van der Waals surface area contributed by atoms with E-state index in [2.05, 4.69) is 0 Å². The van der Waals surface area contributed by atoms with Gasteiger partial charge in [-0.3, -0.25) is 4.79 Å². The van der Waals surface area contributed by atoms with Crippen LogP contribution in [-0.2, 0) is 19.6 Å². The van der Waals surface area contributed by atoms with Gasteiger partial charge in [0.2, 0.25) is 10.0 Å². The summed E-state index contributed by atoms with van der Waals surface area (Å²) in [7, 11) is -3.32. The molecule has 2 heterocycles. The number of hydrogen-bond acceptors (Lipinski definition) is 4. The van der Waals surface area contributed by atoms with E-state index in [0.717, 1.165) is 6.42 Å². The highest BCUT2D eigenvalue weighted by molar-refractivity contribution is 7.89. The van der Waals surface area contributed by atoms with E-state index in [1.807, 2.05) is 6.92 Å². The van der Waals surface area contributed by atoms with Crippen LogP contribution in [0.4, 0.5) is 0 Å². The van der Waals surface area contributed by atoms with Gasteiger partial charge in [-0.05, 0) is 32.1 Å². The molecule has 0 atom stereocenters. The molecule has 0 aromatic heterocycles. The van der Waals surface area contributed by atoms with E-state index in [-0.39, 0.29) is 5.25 Å². The second-order valence-corrected chi connectivity index (χ2v) is 8.30. The molecule has 0 spiro atoms. The normalized spacial score (nSPS) is 24.8. The Bertz CT molecular complexity index is 462. The van der Waals surface area contributed by atoms with Gasteiger partial charge in [0.25, 0.3) is 0 Å². The molecule has 0 aliphatic carbocycles. The first-order valence-corrected chi connectivity index (χ1v) is 9.23. The van der Waals surface area contributed by atoms with Gasteiger partial charge in [0.15, 0.2) is 0 Å². The molecule has 2 aliphatic rings. The highest BCUT2D eigenvalue weighted by Gasteiger charge is 2.44. The van der Waals surface area contributed by atoms with E-state index in [1.165, 1.54) is 4.31 Å². The van der Waals surface area contributed by atoms with Crippen LogP contribution in [0, 0.1) is 5.41 Å². The zero-order valence-electron chi connectivity index (χ0n) is 12.6. The summed E-state index contributed by atoms with van der Waals surface area (Å²) in [6.45, 7) is 3.60. The van der Waals surface area contributed by atoms with Gasteiger partial charge in [-0.25, -0.2) is 12.7 Å². The fraction of sp³-hybridized carbons (Fsp3) is 0.929. The predicted octanol–water partition coefficient (Wildman–Crippen LogP) is 1.46. The summed E-state index contributed by atoms with van der Waals surface area (Å²) < 4.78 is 31.9. The quantitative estimate of drug-likeness (QED) is 0.829. The predicted molar refractivity (Wildman–Crippen MR) is 78.5 cm³/mol. The van der Waals surface area contributed by atoms with Gasteiger partial charge in [-0.15, -0.1) is 0 Å². The molecule has 0 saturated carbocycles. The molecular weight excluding hydrogens is 294 g/mol. The number of ether oxygens (including phenoxy) is 1. The zero-order valence-corrected chi connectivity index (χ0v) is 13.4. The van der Waals surface area contributed by atoms with Crippen LogP contribution in [0.15, 0.2) is 0 Å². The van der Waals surface area contributed by atoms with Gasteiger partial charge in [-0.1, -0.05) is 13.3 Å². The molecular formula is C14H25NO5S. The lowest BCUT2D eigenvalue weighted by Gasteiger charge is -2.39. The Morgan fingerprint density at radius 3 is 2.33 bits per heavy atom. The first-order valence-electron chi connectivity index (χ1n) is 7.72. The molecule has 0 aromatic carbocycles. The Kier molecular flexibility index (Phi) is 5.27. The molecule has 0 aromatic rings. The van der Waals surface area contributed by atoms with Crippen LogP contribution < -0.4 is 0 Å². The number of nitrogens with zero attached hydrogens (tertiary/aromatic N) is 1. The minimum Gasteiger partial charge on any atom is -0.481 e. The Morgan fingerprint density at radius 2 is 1.86 bits per heavy atom. The summed E-state index contributed by atoms with van der Waals surface area (Å²) in [5.41, 5.74) is -0.740. The Balaban J connectivity index is 2.04. The number of aliphatic carboxylic acids is 1. The third-order valence-corrected chi connectivity index (χ3v) is 7.21. The number of hydrogen-bond donors (Lipinski definition) is 1. The highest BCUT2D eigenvalue weighted by atomic mass is 32.2. The average molecular weight is 319 g/mol. The number of carboxylic acid groups (broad SMARTS) is 1. The molecule has 2 rings (SSSR count). The van der Waals surface area contributed by atoms with Gasteiger partial charge in [-0.2, -0.15) is 0 Å². The lowest BCUT2D eigenvalue weighted by molar-refractivity contribution is -0.152. The third kappa shape index (κ3) is 3.40. The first-order chi connectivity index (χ1) is 9.92. The maximum Gasteiger partial charge on any atom is 0.309 e. The van der Waals surface area contributed by atoms with Crippen molar-refractivity contribution in [2.75, 3.05) is 26.3 Å². The van der Waals surface area contributed by atoms with Gasteiger partial charge >= 0.3 is 5.97 Å². The molecule has 2 fully saturated rings. The average Bonchev–Trinajstić information content (AvgIpc) is 2.49. The molecule has 0 radical (unpaired) electrons. The lowest BCUT2D eigenvalue weighted by Crippen LogP contribution is -2.49. The molecule has 0 unspecified atom stereocenters. The number of carbonyl (C=O) groups is 1. The largest absolute Gasteiger partial charge is 0.481 e. The summed E-state index contributed by atoms with van der Waals surface area (Å²) in [4.78, 5) is 11.5. The van der Waals surface area contributed by atoms with Gasteiger partial charge in [0, 0.05) is 26.3 Å². The Labute approximate surface area is 126 Å². The number of rotatable bonds is 5. The monoisotopic (exact) mass is 319 g/mol. The fourth-order valence-corrected chi connectivity index (χ4v) is 5.30. The molecule has 2 aliphatic heterocycles. The maximum absolute atomic E-state index is 12.6.